The number of carbonyl (C=O) groups is 1. The largest absolute Gasteiger partial charge is 0.368 e. The van der Waals surface area contributed by atoms with Crippen LogP contribution in [0.2, 0.25) is 0 Å². The van der Waals surface area contributed by atoms with E-state index in [0.717, 1.165) is 38.1 Å². The van der Waals surface area contributed by atoms with Crippen LogP contribution in [0.1, 0.15) is 58.8 Å². The Morgan fingerprint density at radius 2 is 1.94 bits per heavy atom. The molecule has 2 rings (SSSR count). The molecular formula is C14H26N2O. The molecule has 3 heteroatoms. The Balaban J connectivity index is 2.01. The van der Waals surface area contributed by atoms with Crippen LogP contribution in [0, 0.1) is 11.3 Å². The maximum Gasteiger partial charge on any atom is 0.237 e. The topological polar surface area (TPSA) is 55.1 Å². The second kappa shape index (κ2) is 4.60. The van der Waals surface area contributed by atoms with Crippen molar-refractivity contribution in [3.05, 3.63) is 0 Å². The summed E-state index contributed by atoms with van der Waals surface area (Å²) in [5, 5.41) is 3.50. The maximum absolute atomic E-state index is 11.8. The third-order valence-corrected chi connectivity index (χ3v) is 4.58. The fraction of sp³-hybridized carbons (Fsp3) is 0.929. The first-order valence-corrected chi connectivity index (χ1v) is 6.99. The van der Waals surface area contributed by atoms with E-state index >= 15 is 0 Å². The third-order valence-electron chi connectivity index (χ3n) is 4.58. The lowest BCUT2D eigenvalue weighted by molar-refractivity contribution is -0.125. The Morgan fingerprint density at radius 3 is 2.53 bits per heavy atom. The molecule has 2 saturated carbocycles. The number of amides is 1. The number of nitrogens with one attached hydrogen (secondary N) is 1. The van der Waals surface area contributed by atoms with Gasteiger partial charge in [-0.25, -0.2) is 0 Å². The lowest BCUT2D eigenvalue weighted by Crippen LogP contribution is -2.55. The quantitative estimate of drug-likeness (QED) is 0.738. The van der Waals surface area contributed by atoms with Crippen molar-refractivity contribution in [2.75, 3.05) is 6.54 Å². The molecule has 0 aromatic carbocycles. The molecule has 2 fully saturated rings. The monoisotopic (exact) mass is 238 g/mol. The zero-order valence-corrected chi connectivity index (χ0v) is 11.2. The van der Waals surface area contributed by atoms with E-state index in [-0.39, 0.29) is 5.91 Å². The zero-order valence-electron chi connectivity index (χ0n) is 11.2. The molecule has 98 valence electrons. The normalized spacial score (nSPS) is 33.1. The molecule has 0 aromatic heterocycles. The van der Waals surface area contributed by atoms with Gasteiger partial charge in [0.25, 0.3) is 0 Å². The van der Waals surface area contributed by atoms with Gasteiger partial charge in [0.1, 0.15) is 0 Å². The van der Waals surface area contributed by atoms with Crippen LogP contribution in [-0.2, 0) is 4.79 Å². The van der Waals surface area contributed by atoms with Crippen molar-refractivity contribution in [1.29, 1.82) is 0 Å². The minimum Gasteiger partial charge on any atom is -0.368 e. The molecule has 1 amide bonds. The average Bonchev–Trinajstić information content (AvgIpc) is 3.03. The van der Waals surface area contributed by atoms with Crippen molar-refractivity contribution in [3.8, 4) is 0 Å². The molecule has 0 heterocycles. The highest BCUT2D eigenvalue weighted by Gasteiger charge is 2.40. The molecule has 1 atom stereocenters. The smallest absolute Gasteiger partial charge is 0.237 e. The Bertz CT molecular complexity index is 297. The van der Waals surface area contributed by atoms with Gasteiger partial charge in [-0.2, -0.15) is 0 Å². The van der Waals surface area contributed by atoms with Gasteiger partial charge >= 0.3 is 0 Å². The van der Waals surface area contributed by atoms with Gasteiger partial charge in [-0.05, 0) is 56.4 Å². The van der Waals surface area contributed by atoms with Crippen molar-refractivity contribution >= 4 is 5.91 Å². The zero-order chi connectivity index (χ0) is 12.5. The van der Waals surface area contributed by atoms with E-state index in [4.69, 9.17) is 5.73 Å². The molecule has 2 aliphatic rings. The number of rotatable bonds is 4. The number of hydrogen-bond donors (Lipinski definition) is 2. The van der Waals surface area contributed by atoms with Crippen molar-refractivity contribution in [1.82, 2.24) is 5.32 Å². The van der Waals surface area contributed by atoms with E-state index in [9.17, 15) is 4.79 Å². The van der Waals surface area contributed by atoms with Gasteiger partial charge in [0.2, 0.25) is 5.91 Å². The Kier molecular flexibility index (Phi) is 3.48. The Labute approximate surface area is 105 Å². The highest BCUT2D eigenvalue weighted by molar-refractivity contribution is 5.84. The second-order valence-electron chi connectivity index (χ2n) is 6.79. The highest BCUT2D eigenvalue weighted by Crippen LogP contribution is 2.38. The number of carbonyl (C=O) groups excluding carboxylic acids is 1. The molecule has 0 aromatic rings. The maximum atomic E-state index is 11.8. The summed E-state index contributed by atoms with van der Waals surface area (Å²) < 4.78 is 0. The average molecular weight is 238 g/mol. The fourth-order valence-corrected chi connectivity index (χ4v) is 2.84. The Hall–Kier alpha value is -0.570. The number of primary amides is 1. The van der Waals surface area contributed by atoms with E-state index in [2.05, 4.69) is 19.2 Å². The van der Waals surface area contributed by atoms with E-state index in [1.54, 1.807) is 0 Å². The summed E-state index contributed by atoms with van der Waals surface area (Å²) in [5.41, 5.74) is 5.60. The van der Waals surface area contributed by atoms with Gasteiger partial charge in [0.15, 0.2) is 0 Å². The molecule has 0 radical (unpaired) electrons. The first kappa shape index (κ1) is 12.9. The molecule has 0 spiro atoms. The molecule has 3 nitrogen and oxygen atoms in total. The summed E-state index contributed by atoms with van der Waals surface area (Å²) in [4.78, 5) is 11.8. The van der Waals surface area contributed by atoms with Crippen LogP contribution < -0.4 is 11.1 Å². The minimum atomic E-state index is -0.420. The van der Waals surface area contributed by atoms with Gasteiger partial charge in [0.05, 0.1) is 5.54 Å². The lowest BCUT2D eigenvalue weighted by atomic mass is 9.83. The van der Waals surface area contributed by atoms with Crippen LogP contribution in [0.25, 0.3) is 0 Å². The van der Waals surface area contributed by atoms with Gasteiger partial charge in [-0.1, -0.05) is 20.3 Å². The summed E-state index contributed by atoms with van der Waals surface area (Å²) in [7, 11) is 0. The van der Waals surface area contributed by atoms with Crippen molar-refractivity contribution < 1.29 is 4.79 Å². The Morgan fingerprint density at radius 1 is 1.24 bits per heavy atom. The summed E-state index contributed by atoms with van der Waals surface area (Å²) in [6.45, 7) is 5.57. The molecule has 17 heavy (non-hydrogen) atoms. The highest BCUT2D eigenvalue weighted by atomic mass is 16.1. The summed E-state index contributed by atoms with van der Waals surface area (Å²) in [6, 6.07) is 0. The molecule has 1 unspecified atom stereocenters. The fourth-order valence-electron chi connectivity index (χ4n) is 2.84. The van der Waals surface area contributed by atoms with Gasteiger partial charge in [-0.3, -0.25) is 4.79 Å². The predicted octanol–water partition coefficient (Wildman–Crippen LogP) is 2.20. The first-order chi connectivity index (χ1) is 7.94. The van der Waals surface area contributed by atoms with Crippen LogP contribution in [0.4, 0.5) is 0 Å². The minimum absolute atomic E-state index is 0.143. The molecule has 0 aliphatic heterocycles. The number of hydrogen-bond acceptors (Lipinski definition) is 2. The van der Waals surface area contributed by atoms with Crippen molar-refractivity contribution in [2.45, 2.75) is 64.3 Å². The van der Waals surface area contributed by atoms with Gasteiger partial charge in [-0.15, -0.1) is 0 Å². The standard InChI is InChI=1S/C14H26N2O/c1-13(2)6-3-7-14(9-8-13,12(15)17)16-10-11-4-5-11/h11,16H,3-10H2,1-2H3,(H2,15,17). The van der Waals surface area contributed by atoms with Crippen molar-refractivity contribution in [3.63, 3.8) is 0 Å². The molecule has 0 saturated heterocycles. The van der Waals surface area contributed by atoms with Crippen LogP contribution in [0.5, 0.6) is 0 Å². The van der Waals surface area contributed by atoms with Crippen LogP contribution in [0.15, 0.2) is 0 Å². The van der Waals surface area contributed by atoms with Gasteiger partial charge < -0.3 is 11.1 Å². The summed E-state index contributed by atoms with van der Waals surface area (Å²) >= 11 is 0. The molecule has 3 N–H and O–H groups in total. The third kappa shape index (κ3) is 3.21. The lowest BCUT2D eigenvalue weighted by Gasteiger charge is -2.31. The van der Waals surface area contributed by atoms with Crippen LogP contribution in [-0.4, -0.2) is 18.0 Å². The summed E-state index contributed by atoms with van der Waals surface area (Å²) in [6.07, 6.45) is 7.84. The second-order valence-corrected chi connectivity index (χ2v) is 6.79. The molecule has 0 bridgehead atoms. The van der Waals surface area contributed by atoms with Crippen molar-refractivity contribution in [2.24, 2.45) is 17.1 Å². The predicted molar refractivity (Wildman–Crippen MR) is 69.5 cm³/mol. The summed E-state index contributed by atoms with van der Waals surface area (Å²) in [5.74, 6) is 0.651. The van der Waals surface area contributed by atoms with E-state index in [1.165, 1.54) is 19.3 Å². The van der Waals surface area contributed by atoms with Crippen LogP contribution >= 0.6 is 0 Å². The van der Waals surface area contributed by atoms with Gasteiger partial charge in [0, 0.05) is 0 Å². The SMILES string of the molecule is CC1(C)CCCC(NCC2CC2)(C(N)=O)CC1. The molecule has 2 aliphatic carbocycles. The van der Waals surface area contributed by atoms with E-state index in [0.29, 0.717) is 5.41 Å². The number of nitrogens with two attached hydrogens (primary N) is 1. The van der Waals surface area contributed by atoms with E-state index < -0.39 is 5.54 Å². The first-order valence-electron chi connectivity index (χ1n) is 6.99. The van der Waals surface area contributed by atoms with Crippen LogP contribution in [0.3, 0.4) is 0 Å². The molecular weight excluding hydrogens is 212 g/mol. The van der Waals surface area contributed by atoms with E-state index in [1.807, 2.05) is 0 Å².